The van der Waals surface area contributed by atoms with Gasteiger partial charge in [-0.1, -0.05) is 19.9 Å². The maximum absolute atomic E-state index is 5.37. The van der Waals surface area contributed by atoms with Crippen LogP contribution in [0.15, 0.2) is 18.2 Å². The van der Waals surface area contributed by atoms with E-state index in [0.717, 1.165) is 36.6 Å². The van der Waals surface area contributed by atoms with Crippen molar-refractivity contribution >= 4 is 11.6 Å². The Hall–Kier alpha value is -1.29. The van der Waals surface area contributed by atoms with Crippen molar-refractivity contribution < 1.29 is 0 Å². The van der Waals surface area contributed by atoms with E-state index in [2.05, 4.69) is 29.2 Å². The summed E-state index contributed by atoms with van der Waals surface area (Å²) in [6.45, 7) is 6.78. The van der Waals surface area contributed by atoms with E-state index in [0.29, 0.717) is 0 Å². The van der Waals surface area contributed by atoms with Crippen molar-refractivity contribution in [1.82, 2.24) is 4.98 Å². The predicted molar refractivity (Wildman–Crippen MR) is 67.2 cm³/mol. The minimum Gasteiger partial charge on any atom is -0.356 e. The molecular weight excluding hydrogens is 200 g/mol. The van der Waals surface area contributed by atoms with Crippen molar-refractivity contribution in [3.8, 4) is 0 Å². The highest BCUT2D eigenvalue weighted by Gasteiger charge is 2.22. The first-order chi connectivity index (χ1) is 7.69. The van der Waals surface area contributed by atoms with Gasteiger partial charge < -0.3 is 10.3 Å². The van der Waals surface area contributed by atoms with E-state index in [1.807, 2.05) is 18.2 Å². The van der Waals surface area contributed by atoms with Gasteiger partial charge in [0.1, 0.15) is 11.6 Å². The molecule has 1 aliphatic rings. The number of pyridine rings is 1. The molecule has 0 spiro atoms. The van der Waals surface area contributed by atoms with Gasteiger partial charge in [-0.3, -0.25) is 0 Å². The van der Waals surface area contributed by atoms with E-state index in [1.165, 1.54) is 6.42 Å². The zero-order valence-electron chi connectivity index (χ0n) is 9.98. The normalized spacial score (nSPS) is 25.6. The van der Waals surface area contributed by atoms with E-state index in [4.69, 9.17) is 5.84 Å². The van der Waals surface area contributed by atoms with Gasteiger partial charge in [-0.15, -0.1) is 0 Å². The van der Waals surface area contributed by atoms with Gasteiger partial charge in [-0.25, -0.2) is 10.8 Å². The number of hydrogen-bond donors (Lipinski definition) is 2. The first-order valence-electron chi connectivity index (χ1n) is 5.87. The molecule has 2 unspecified atom stereocenters. The SMILES string of the molecule is CC1CC(C)CN(c2cccc(NN)n2)C1. The second-order valence-corrected chi connectivity index (χ2v) is 4.88. The van der Waals surface area contributed by atoms with Gasteiger partial charge in [0.2, 0.25) is 0 Å². The molecule has 3 N–H and O–H groups in total. The molecule has 4 nitrogen and oxygen atoms in total. The third-order valence-corrected chi connectivity index (χ3v) is 3.08. The number of anilines is 2. The van der Waals surface area contributed by atoms with E-state index < -0.39 is 0 Å². The molecule has 1 aliphatic heterocycles. The van der Waals surface area contributed by atoms with E-state index in [-0.39, 0.29) is 0 Å². The lowest BCUT2D eigenvalue weighted by Gasteiger charge is -2.35. The third kappa shape index (κ3) is 2.44. The molecule has 16 heavy (non-hydrogen) atoms. The Morgan fingerprint density at radius 3 is 2.62 bits per heavy atom. The smallest absolute Gasteiger partial charge is 0.142 e. The fraction of sp³-hybridized carbons (Fsp3) is 0.583. The van der Waals surface area contributed by atoms with Crippen LogP contribution in [0.3, 0.4) is 0 Å². The Kier molecular flexibility index (Phi) is 3.29. The second kappa shape index (κ2) is 4.70. The van der Waals surface area contributed by atoms with Crippen LogP contribution in [0, 0.1) is 11.8 Å². The Bertz CT molecular complexity index is 343. The average molecular weight is 220 g/mol. The fourth-order valence-electron chi connectivity index (χ4n) is 2.53. The summed E-state index contributed by atoms with van der Waals surface area (Å²) in [6, 6.07) is 5.91. The topological polar surface area (TPSA) is 54.2 Å². The van der Waals surface area contributed by atoms with Crippen LogP contribution in [-0.4, -0.2) is 18.1 Å². The molecule has 0 saturated carbocycles. The molecule has 0 bridgehead atoms. The van der Waals surface area contributed by atoms with Gasteiger partial charge in [-0.05, 0) is 30.4 Å². The van der Waals surface area contributed by atoms with Crippen LogP contribution in [0.5, 0.6) is 0 Å². The van der Waals surface area contributed by atoms with E-state index in [1.54, 1.807) is 0 Å². The van der Waals surface area contributed by atoms with Crippen molar-refractivity contribution in [2.75, 3.05) is 23.4 Å². The monoisotopic (exact) mass is 220 g/mol. The molecule has 1 saturated heterocycles. The maximum Gasteiger partial charge on any atom is 0.142 e. The molecule has 4 heteroatoms. The lowest BCUT2D eigenvalue weighted by molar-refractivity contribution is 0.355. The summed E-state index contributed by atoms with van der Waals surface area (Å²) in [7, 11) is 0. The van der Waals surface area contributed by atoms with Crippen molar-refractivity contribution in [1.29, 1.82) is 0 Å². The lowest BCUT2D eigenvalue weighted by atomic mass is 9.92. The molecule has 2 rings (SSSR count). The highest BCUT2D eigenvalue weighted by atomic mass is 15.3. The van der Waals surface area contributed by atoms with Crippen molar-refractivity contribution in [2.24, 2.45) is 17.7 Å². The number of nitrogens with one attached hydrogen (secondary N) is 1. The summed E-state index contributed by atoms with van der Waals surface area (Å²) in [5.74, 6) is 8.59. The van der Waals surface area contributed by atoms with Gasteiger partial charge in [0.25, 0.3) is 0 Å². The number of piperidine rings is 1. The van der Waals surface area contributed by atoms with E-state index in [9.17, 15) is 0 Å². The van der Waals surface area contributed by atoms with Crippen LogP contribution in [0.4, 0.5) is 11.6 Å². The van der Waals surface area contributed by atoms with Crippen LogP contribution in [0.2, 0.25) is 0 Å². The number of nitrogens with two attached hydrogens (primary N) is 1. The van der Waals surface area contributed by atoms with Gasteiger partial charge in [0.15, 0.2) is 0 Å². The minimum absolute atomic E-state index is 0.725. The molecule has 0 aliphatic carbocycles. The molecule has 0 aromatic carbocycles. The summed E-state index contributed by atoms with van der Waals surface area (Å²) in [4.78, 5) is 6.82. The number of nitrogens with zero attached hydrogens (tertiary/aromatic N) is 2. The summed E-state index contributed by atoms with van der Waals surface area (Å²) in [6.07, 6.45) is 1.31. The number of hydrogen-bond acceptors (Lipinski definition) is 4. The van der Waals surface area contributed by atoms with E-state index >= 15 is 0 Å². The number of rotatable bonds is 2. The molecule has 1 aromatic rings. The zero-order chi connectivity index (χ0) is 11.5. The third-order valence-electron chi connectivity index (χ3n) is 3.08. The minimum atomic E-state index is 0.725. The van der Waals surface area contributed by atoms with Gasteiger partial charge in [0, 0.05) is 13.1 Å². The van der Waals surface area contributed by atoms with Crippen molar-refractivity contribution in [3.63, 3.8) is 0 Å². The molecule has 88 valence electrons. The molecule has 1 aromatic heterocycles. The van der Waals surface area contributed by atoms with Crippen LogP contribution < -0.4 is 16.2 Å². The average Bonchev–Trinajstić information content (AvgIpc) is 2.28. The van der Waals surface area contributed by atoms with Crippen LogP contribution >= 0.6 is 0 Å². The molecule has 0 amide bonds. The number of hydrazine groups is 1. The van der Waals surface area contributed by atoms with Gasteiger partial charge >= 0.3 is 0 Å². The first kappa shape index (κ1) is 11.2. The fourth-order valence-corrected chi connectivity index (χ4v) is 2.53. The quantitative estimate of drug-likeness (QED) is 0.590. The number of aromatic nitrogens is 1. The van der Waals surface area contributed by atoms with Crippen LogP contribution in [0.1, 0.15) is 20.3 Å². The Morgan fingerprint density at radius 2 is 2.00 bits per heavy atom. The largest absolute Gasteiger partial charge is 0.356 e. The maximum atomic E-state index is 5.37. The molecule has 2 heterocycles. The zero-order valence-corrected chi connectivity index (χ0v) is 9.98. The first-order valence-corrected chi connectivity index (χ1v) is 5.87. The molecule has 0 radical (unpaired) electrons. The highest BCUT2D eigenvalue weighted by molar-refractivity contribution is 5.46. The molecular formula is C12H20N4. The van der Waals surface area contributed by atoms with Gasteiger partial charge in [-0.2, -0.15) is 0 Å². The Labute approximate surface area is 96.8 Å². The molecule has 1 fully saturated rings. The predicted octanol–water partition coefficient (Wildman–Crippen LogP) is 1.85. The van der Waals surface area contributed by atoms with Crippen LogP contribution in [0.25, 0.3) is 0 Å². The Balaban J connectivity index is 2.16. The lowest BCUT2D eigenvalue weighted by Crippen LogP contribution is -2.39. The van der Waals surface area contributed by atoms with Crippen molar-refractivity contribution in [3.05, 3.63) is 18.2 Å². The summed E-state index contributed by atoms with van der Waals surface area (Å²) in [5.41, 5.74) is 2.59. The van der Waals surface area contributed by atoms with Crippen LogP contribution in [-0.2, 0) is 0 Å². The second-order valence-electron chi connectivity index (χ2n) is 4.88. The van der Waals surface area contributed by atoms with Crippen molar-refractivity contribution in [2.45, 2.75) is 20.3 Å². The standard InChI is InChI=1S/C12H20N4/c1-9-6-10(2)8-16(7-9)12-5-3-4-11(14-12)15-13/h3-5,9-10H,6-8,13H2,1-2H3,(H,14,15). The molecule has 2 atom stereocenters. The summed E-state index contributed by atoms with van der Waals surface area (Å²) >= 11 is 0. The Morgan fingerprint density at radius 1 is 1.31 bits per heavy atom. The summed E-state index contributed by atoms with van der Waals surface area (Å²) in [5, 5.41) is 0. The summed E-state index contributed by atoms with van der Waals surface area (Å²) < 4.78 is 0. The van der Waals surface area contributed by atoms with Gasteiger partial charge in [0.05, 0.1) is 0 Å². The highest BCUT2D eigenvalue weighted by Crippen LogP contribution is 2.25. The number of nitrogen functional groups attached to an aromatic ring is 1.